The fourth-order valence-electron chi connectivity index (χ4n) is 4.75. The Morgan fingerprint density at radius 3 is 3.04 bits per heavy atom. The van der Waals surface area contributed by atoms with Gasteiger partial charge in [-0.3, -0.25) is 4.98 Å². The highest BCUT2D eigenvalue weighted by atomic mass is 15.2. The van der Waals surface area contributed by atoms with Gasteiger partial charge in [-0.05, 0) is 25.8 Å². The summed E-state index contributed by atoms with van der Waals surface area (Å²) in [6, 6.07) is 4.94. The summed E-state index contributed by atoms with van der Waals surface area (Å²) in [4.78, 5) is 18.6. The van der Waals surface area contributed by atoms with E-state index in [1.807, 2.05) is 6.20 Å². The molecule has 0 saturated carbocycles. The molecule has 0 aromatic carbocycles. The van der Waals surface area contributed by atoms with Crippen LogP contribution >= 0.6 is 0 Å². The van der Waals surface area contributed by atoms with Crippen molar-refractivity contribution in [2.75, 3.05) is 22.9 Å². The van der Waals surface area contributed by atoms with E-state index < -0.39 is 0 Å². The molecule has 142 valence electrons. The van der Waals surface area contributed by atoms with Gasteiger partial charge < -0.3 is 9.80 Å². The minimum atomic E-state index is 0.0894. The number of pyridine rings is 1. The van der Waals surface area contributed by atoms with E-state index in [2.05, 4.69) is 56.0 Å². The van der Waals surface area contributed by atoms with E-state index >= 15 is 0 Å². The van der Waals surface area contributed by atoms with E-state index in [1.165, 1.54) is 16.8 Å². The maximum atomic E-state index is 9.38. The molecule has 3 aliphatic rings. The molecule has 1 aliphatic carbocycles. The molecule has 2 aromatic heterocycles. The zero-order chi connectivity index (χ0) is 19.1. The van der Waals surface area contributed by atoms with Gasteiger partial charge in [-0.2, -0.15) is 5.26 Å². The van der Waals surface area contributed by atoms with Crippen LogP contribution in [0.2, 0.25) is 0 Å². The Kier molecular flexibility index (Phi) is 4.23. The van der Waals surface area contributed by atoms with E-state index in [1.54, 1.807) is 6.33 Å². The van der Waals surface area contributed by atoms with Crippen LogP contribution in [0.15, 0.2) is 24.7 Å². The number of nitrogens with zero attached hydrogens (tertiary/aromatic N) is 6. The Bertz CT molecular complexity index is 975. The lowest BCUT2D eigenvalue weighted by Gasteiger charge is -2.39. The first kappa shape index (κ1) is 17.2. The summed E-state index contributed by atoms with van der Waals surface area (Å²) in [7, 11) is 0. The number of aromatic nitrogens is 3. The second-order valence-electron chi connectivity index (χ2n) is 8.01. The molecule has 1 fully saturated rings. The number of fused-ring (bicyclic) bond motifs is 2. The zero-order valence-electron chi connectivity index (χ0n) is 16.2. The number of rotatable bonds is 2. The van der Waals surface area contributed by atoms with Crippen molar-refractivity contribution in [2.45, 2.75) is 45.2 Å². The normalized spacial score (nSPS) is 23.3. The Hall–Kier alpha value is -2.94. The van der Waals surface area contributed by atoms with Crippen LogP contribution in [0.1, 0.15) is 42.3 Å². The van der Waals surface area contributed by atoms with Gasteiger partial charge in [-0.25, -0.2) is 9.97 Å². The van der Waals surface area contributed by atoms with Gasteiger partial charge in [0.25, 0.3) is 0 Å². The molecule has 4 heterocycles. The summed E-state index contributed by atoms with van der Waals surface area (Å²) in [5.74, 6) is 1.11. The summed E-state index contributed by atoms with van der Waals surface area (Å²) in [5, 5.41) is 9.38. The first-order valence-corrected chi connectivity index (χ1v) is 10.1. The van der Waals surface area contributed by atoms with Crippen molar-refractivity contribution in [1.82, 2.24) is 15.0 Å². The molecule has 5 rings (SSSR count). The summed E-state index contributed by atoms with van der Waals surface area (Å²) >= 11 is 0. The summed E-state index contributed by atoms with van der Waals surface area (Å²) in [6.45, 7) is 4.79. The van der Waals surface area contributed by atoms with Crippen molar-refractivity contribution in [3.63, 3.8) is 0 Å². The van der Waals surface area contributed by atoms with Crippen molar-refractivity contribution in [2.24, 2.45) is 5.92 Å². The molecule has 6 nitrogen and oxygen atoms in total. The summed E-state index contributed by atoms with van der Waals surface area (Å²) in [6.07, 6.45) is 11.9. The first-order chi connectivity index (χ1) is 13.7. The third kappa shape index (κ3) is 2.82. The van der Waals surface area contributed by atoms with Crippen molar-refractivity contribution in [3.8, 4) is 6.07 Å². The first-order valence-electron chi connectivity index (χ1n) is 10.1. The second-order valence-corrected chi connectivity index (χ2v) is 8.01. The fraction of sp³-hybridized carbons (Fsp3) is 0.455. The molecule has 0 bridgehead atoms. The van der Waals surface area contributed by atoms with Crippen molar-refractivity contribution in [1.29, 1.82) is 5.26 Å². The largest absolute Gasteiger partial charge is 0.363 e. The Labute approximate surface area is 165 Å². The van der Waals surface area contributed by atoms with Gasteiger partial charge in [0.2, 0.25) is 0 Å². The molecule has 28 heavy (non-hydrogen) atoms. The maximum Gasteiger partial charge on any atom is 0.137 e. The zero-order valence-corrected chi connectivity index (χ0v) is 16.2. The molecule has 6 heteroatoms. The predicted octanol–water partition coefficient (Wildman–Crippen LogP) is 3.13. The van der Waals surface area contributed by atoms with E-state index in [0.717, 1.165) is 62.5 Å². The van der Waals surface area contributed by atoms with Crippen molar-refractivity contribution in [3.05, 3.63) is 47.2 Å². The van der Waals surface area contributed by atoms with Crippen LogP contribution in [0.25, 0.3) is 6.08 Å². The molecule has 2 aliphatic heterocycles. The minimum Gasteiger partial charge on any atom is -0.363 e. The molecule has 0 N–H and O–H groups in total. The molecule has 2 aromatic rings. The highest BCUT2D eigenvalue weighted by molar-refractivity contribution is 5.73. The monoisotopic (exact) mass is 372 g/mol. The third-order valence-electron chi connectivity index (χ3n) is 6.22. The third-order valence-corrected chi connectivity index (χ3v) is 6.22. The average molecular weight is 372 g/mol. The number of piperidine rings is 1. The SMILES string of the molecule is C[C@@H]1Cc2ncnc(N3CCCC(C#N)C3)c2CN1c1ccnc2c1C=CC2. The summed E-state index contributed by atoms with van der Waals surface area (Å²) < 4.78 is 0. The van der Waals surface area contributed by atoms with Crippen molar-refractivity contribution >= 4 is 17.6 Å². The van der Waals surface area contributed by atoms with Gasteiger partial charge in [0.05, 0.1) is 23.4 Å². The predicted molar refractivity (Wildman–Crippen MR) is 109 cm³/mol. The molecule has 0 spiro atoms. The van der Waals surface area contributed by atoms with Crippen LogP contribution in [-0.4, -0.2) is 34.1 Å². The van der Waals surface area contributed by atoms with Gasteiger partial charge >= 0.3 is 0 Å². The maximum absolute atomic E-state index is 9.38. The topological polar surface area (TPSA) is 68.9 Å². The minimum absolute atomic E-state index is 0.0894. The van der Waals surface area contributed by atoms with Gasteiger partial charge in [0.1, 0.15) is 12.1 Å². The Balaban J connectivity index is 1.52. The van der Waals surface area contributed by atoms with Crippen LogP contribution in [-0.2, 0) is 19.4 Å². The molecule has 1 saturated heterocycles. The second kappa shape index (κ2) is 6.90. The average Bonchev–Trinajstić information content (AvgIpc) is 3.22. The lowest BCUT2D eigenvalue weighted by atomic mass is 9.96. The number of nitriles is 1. The Morgan fingerprint density at radius 1 is 1.21 bits per heavy atom. The highest BCUT2D eigenvalue weighted by Crippen LogP contribution is 2.36. The van der Waals surface area contributed by atoms with Crippen LogP contribution in [0.4, 0.5) is 11.5 Å². The van der Waals surface area contributed by atoms with Crippen LogP contribution in [0.3, 0.4) is 0 Å². The van der Waals surface area contributed by atoms with Crippen LogP contribution < -0.4 is 9.80 Å². The molecule has 0 amide bonds. The quantitative estimate of drug-likeness (QED) is 0.807. The smallest absolute Gasteiger partial charge is 0.137 e. The Morgan fingerprint density at radius 2 is 2.14 bits per heavy atom. The fourth-order valence-corrected chi connectivity index (χ4v) is 4.75. The molecular weight excluding hydrogens is 348 g/mol. The molecule has 1 unspecified atom stereocenters. The van der Waals surface area contributed by atoms with Crippen LogP contribution in [0, 0.1) is 17.2 Å². The lowest BCUT2D eigenvalue weighted by molar-refractivity contribution is 0.486. The number of anilines is 2. The standard InChI is InChI=1S/C22H24N6/c1-15-10-20-18(13-28(15)21-7-8-24-19-6-2-5-17(19)21)22(26-14-25-20)27-9-3-4-16(11-23)12-27/h2,5,7-8,14-16H,3-4,6,9-10,12-13H2,1H3/t15-,16?/m1/s1. The summed E-state index contributed by atoms with van der Waals surface area (Å²) in [5.41, 5.74) is 6.02. The van der Waals surface area contributed by atoms with Gasteiger partial charge in [0.15, 0.2) is 0 Å². The number of allylic oxidation sites excluding steroid dienone is 1. The van der Waals surface area contributed by atoms with Gasteiger partial charge in [-0.1, -0.05) is 12.2 Å². The van der Waals surface area contributed by atoms with E-state index in [9.17, 15) is 5.26 Å². The number of hydrogen-bond acceptors (Lipinski definition) is 6. The van der Waals surface area contributed by atoms with E-state index in [-0.39, 0.29) is 5.92 Å². The number of hydrogen-bond donors (Lipinski definition) is 0. The lowest BCUT2D eigenvalue weighted by Crippen LogP contribution is -2.42. The van der Waals surface area contributed by atoms with E-state index in [4.69, 9.17) is 0 Å². The molecular formula is C22H24N6. The molecule has 2 atom stereocenters. The highest BCUT2D eigenvalue weighted by Gasteiger charge is 2.31. The van der Waals surface area contributed by atoms with Gasteiger partial charge in [0, 0.05) is 61.5 Å². The van der Waals surface area contributed by atoms with Crippen molar-refractivity contribution < 1.29 is 0 Å². The van der Waals surface area contributed by atoms with Crippen LogP contribution in [0.5, 0.6) is 0 Å². The van der Waals surface area contributed by atoms with Gasteiger partial charge in [-0.15, -0.1) is 0 Å². The molecule has 0 radical (unpaired) electrons. The van der Waals surface area contributed by atoms with E-state index in [0.29, 0.717) is 6.04 Å².